The summed E-state index contributed by atoms with van der Waals surface area (Å²) in [4.78, 5) is 13.3. The van der Waals surface area contributed by atoms with Gasteiger partial charge in [-0.2, -0.15) is 5.10 Å². The predicted octanol–water partition coefficient (Wildman–Crippen LogP) is 3.31. The Morgan fingerprint density at radius 3 is 2.41 bits per heavy atom. The van der Waals surface area contributed by atoms with E-state index in [1.54, 1.807) is 43.8 Å². The molecule has 0 saturated carbocycles. The second-order valence-electron chi connectivity index (χ2n) is 4.43. The van der Waals surface area contributed by atoms with Gasteiger partial charge in [0.05, 0.1) is 24.8 Å². The molecule has 2 aromatic rings. The van der Waals surface area contributed by atoms with Gasteiger partial charge in [0.15, 0.2) is 0 Å². The number of hydrogen-bond acceptors (Lipinski definition) is 5. The molecule has 0 spiro atoms. The molecule has 5 nitrogen and oxygen atoms in total. The lowest BCUT2D eigenvalue weighted by molar-refractivity contribution is 0.0954. The van der Waals surface area contributed by atoms with E-state index in [1.165, 1.54) is 0 Å². The van der Waals surface area contributed by atoms with Gasteiger partial charge in [0.2, 0.25) is 0 Å². The van der Waals surface area contributed by atoms with E-state index >= 15 is 0 Å². The highest BCUT2D eigenvalue weighted by molar-refractivity contribution is 7.12. The van der Waals surface area contributed by atoms with E-state index < -0.39 is 0 Å². The van der Waals surface area contributed by atoms with Crippen LogP contribution in [-0.4, -0.2) is 25.8 Å². The summed E-state index contributed by atoms with van der Waals surface area (Å²) in [5.74, 6) is 0.810. The second kappa shape index (κ2) is 7.61. The van der Waals surface area contributed by atoms with Gasteiger partial charge in [-0.3, -0.25) is 4.79 Å². The van der Waals surface area contributed by atoms with Crippen molar-refractivity contribution in [3.05, 3.63) is 46.2 Å². The zero-order chi connectivity index (χ0) is 15.9. The molecule has 22 heavy (non-hydrogen) atoms. The average Bonchev–Trinajstić information content (AvgIpc) is 3.09. The molecule has 0 fully saturated rings. The summed E-state index contributed by atoms with van der Waals surface area (Å²) in [6.07, 6.45) is 0.738. The van der Waals surface area contributed by atoms with Crippen LogP contribution >= 0.6 is 11.3 Å². The molecule has 0 radical (unpaired) electrons. The zero-order valence-electron chi connectivity index (χ0n) is 12.8. The van der Waals surface area contributed by atoms with Gasteiger partial charge in [-0.15, -0.1) is 11.3 Å². The SMILES string of the molecule is CC/C(=N/NC(=O)c1cc(OC)cc(OC)c1)c1cccs1. The minimum absolute atomic E-state index is 0.306. The Kier molecular flexibility index (Phi) is 5.55. The third-order valence-electron chi connectivity index (χ3n) is 3.05. The number of ether oxygens (including phenoxy) is 2. The number of carbonyl (C=O) groups excluding carboxylic acids is 1. The van der Waals surface area contributed by atoms with E-state index in [0.29, 0.717) is 17.1 Å². The molecule has 0 atom stereocenters. The van der Waals surface area contributed by atoms with Gasteiger partial charge in [-0.05, 0) is 30.0 Å². The number of nitrogens with one attached hydrogen (secondary N) is 1. The van der Waals surface area contributed by atoms with Gasteiger partial charge in [-0.1, -0.05) is 13.0 Å². The third-order valence-corrected chi connectivity index (χ3v) is 3.97. The van der Waals surface area contributed by atoms with Gasteiger partial charge in [0.25, 0.3) is 5.91 Å². The Bertz CT molecular complexity index is 644. The Hall–Kier alpha value is -2.34. The summed E-state index contributed by atoms with van der Waals surface area (Å²) < 4.78 is 10.3. The molecule has 0 saturated heterocycles. The highest BCUT2D eigenvalue weighted by atomic mass is 32.1. The molecule has 0 aliphatic rings. The molecule has 1 heterocycles. The summed E-state index contributed by atoms with van der Waals surface area (Å²) in [7, 11) is 3.08. The fourth-order valence-corrected chi connectivity index (χ4v) is 2.66. The fraction of sp³-hybridized carbons (Fsp3) is 0.250. The van der Waals surface area contributed by atoms with Gasteiger partial charge < -0.3 is 9.47 Å². The Labute approximate surface area is 133 Å². The number of thiophene rings is 1. The summed E-state index contributed by atoms with van der Waals surface area (Å²) in [6, 6.07) is 8.94. The Morgan fingerprint density at radius 2 is 1.91 bits per heavy atom. The lowest BCUT2D eigenvalue weighted by atomic mass is 10.2. The van der Waals surface area contributed by atoms with E-state index in [1.807, 2.05) is 24.4 Å². The summed E-state index contributed by atoms with van der Waals surface area (Å²) in [5.41, 5.74) is 3.86. The fourth-order valence-electron chi connectivity index (χ4n) is 1.87. The predicted molar refractivity (Wildman–Crippen MR) is 88.2 cm³/mol. The van der Waals surface area contributed by atoms with Crippen LogP contribution in [0.1, 0.15) is 28.6 Å². The van der Waals surface area contributed by atoms with Crippen LogP contribution in [0.15, 0.2) is 40.8 Å². The Morgan fingerprint density at radius 1 is 1.23 bits per heavy atom. The van der Waals surface area contributed by atoms with Crippen LogP contribution in [0.4, 0.5) is 0 Å². The minimum atomic E-state index is -0.306. The quantitative estimate of drug-likeness (QED) is 0.656. The second-order valence-corrected chi connectivity index (χ2v) is 5.38. The average molecular weight is 318 g/mol. The molecule has 1 N–H and O–H groups in total. The zero-order valence-corrected chi connectivity index (χ0v) is 13.6. The van der Waals surface area contributed by atoms with Gasteiger partial charge >= 0.3 is 0 Å². The number of rotatable bonds is 6. The van der Waals surface area contributed by atoms with E-state index in [-0.39, 0.29) is 5.91 Å². The van der Waals surface area contributed by atoms with Crippen LogP contribution in [0.5, 0.6) is 11.5 Å². The van der Waals surface area contributed by atoms with Crippen molar-refractivity contribution < 1.29 is 14.3 Å². The monoisotopic (exact) mass is 318 g/mol. The summed E-state index contributed by atoms with van der Waals surface area (Å²) in [5, 5.41) is 6.20. The molecule has 116 valence electrons. The molecule has 0 bridgehead atoms. The molecule has 2 rings (SSSR count). The topological polar surface area (TPSA) is 59.9 Å². The van der Waals surface area contributed by atoms with Crippen molar-refractivity contribution in [3.63, 3.8) is 0 Å². The summed E-state index contributed by atoms with van der Waals surface area (Å²) >= 11 is 1.59. The highest BCUT2D eigenvalue weighted by Gasteiger charge is 2.10. The molecule has 6 heteroatoms. The first-order chi connectivity index (χ1) is 10.7. The molecular formula is C16H18N2O3S. The number of benzene rings is 1. The maximum Gasteiger partial charge on any atom is 0.271 e. The highest BCUT2D eigenvalue weighted by Crippen LogP contribution is 2.22. The van der Waals surface area contributed by atoms with Crippen molar-refractivity contribution >= 4 is 23.0 Å². The molecule has 1 aromatic heterocycles. The lowest BCUT2D eigenvalue weighted by Gasteiger charge is -2.08. The van der Waals surface area contributed by atoms with Crippen LogP contribution in [0.3, 0.4) is 0 Å². The maximum absolute atomic E-state index is 12.2. The van der Waals surface area contributed by atoms with Crippen molar-refractivity contribution in [1.29, 1.82) is 0 Å². The first-order valence-corrected chi connectivity index (χ1v) is 7.69. The number of amides is 1. The molecule has 0 unspecified atom stereocenters. The number of carbonyl (C=O) groups is 1. The minimum Gasteiger partial charge on any atom is -0.497 e. The van der Waals surface area contributed by atoms with E-state index in [0.717, 1.165) is 17.0 Å². The van der Waals surface area contributed by atoms with Crippen LogP contribution in [0.2, 0.25) is 0 Å². The molecule has 0 aliphatic carbocycles. The van der Waals surface area contributed by atoms with Crippen LogP contribution in [0, 0.1) is 0 Å². The van der Waals surface area contributed by atoms with E-state index in [9.17, 15) is 4.79 Å². The molecular weight excluding hydrogens is 300 g/mol. The summed E-state index contributed by atoms with van der Waals surface area (Å²) in [6.45, 7) is 2.00. The van der Waals surface area contributed by atoms with Crippen molar-refractivity contribution in [2.45, 2.75) is 13.3 Å². The Balaban J connectivity index is 2.18. The first kappa shape index (κ1) is 16.0. The van der Waals surface area contributed by atoms with Crippen molar-refractivity contribution in [2.75, 3.05) is 14.2 Å². The maximum atomic E-state index is 12.2. The standard InChI is InChI=1S/C16H18N2O3S/c1-4-14(15-6-5-7-22-15)17-18-16(19)11-8-12(20-2)10-13(9-11)21-3/h5-10H,4H2,1-3H3,(H,18,19)/b17-14-. The third kappa shape index (κ3) is 3.85. The van der Waals surface area contributed by atoms with Crippen molar-refractivity contribution in [2.24, 2.45) is 5.10 Å². The first-order valence-electron chi connectivity index (χ1n) is 6.81. The van der Waals surface area contributed by atoms with Crippen LogP contribution < -0.4 is 14.9 Å². The number of methoxy groups -OCH3 is 2. The molecule has 0 aliphatic heterocycles. The number of hydrogen-bond donors (Lipinski definition) is 1. The van der Waals surface area contributed by atoms with Crippen molar-refractivity contribution in [1.82, 2.24) is 5.43 Å². The number of nitrogens with zero attached hydrogens (tertiary/aromatic N) is 1. The van der Waals surface area contributed by atoms with Crippen LogP contribution in [0.25, 0.3) is 0 Å². The van der Waals surface area contributed by atoms with Crippen LogP contribution in [-0.2, 0) is 0 Å². The van der Waals surface area contributed by atoms with Gasteiger partial charge in [0, 0.05) is 11.6 Å². The van der Waals surface area contributed by atoms with E-state index in [2.05, 4.69) is 10.5 Å². The molecule has 1 aromatic carbocycles. The van der Waals surface area contributed by atoms with Crippen molar-refractivity contribution in [3.8, 4) is 11.5 Å². The molecule has 1 amide bonds. The van der Waals surface area contributed by atoms with Gasteiger partial charge in [0.1, 0.15) is 11.5 Å². The smallest absolute Gasteiger partial charge is 0.271 e. The number of hydrazone groups is 1. The lowest BCUT2D eigenvalue weighted by Crippen LogP contribution is -2.19. The van der Waals surface area contributed by atoms with E-state index in [4.69, 9.17) is 9.47 Å². The normalized spacial score (nSPS) is 11.1. The van der Waals surface area contributed by atoms with Gasteiger partial charge in [-0.25, -0.2) is 5.43 Å². The largest absolute Gasteiger partial charge is 0.497 e.